The number of methoxy groups -OCH3 is 1. The Morgan fingerprint density at radius 3 is 2.19 bits per heavy atom. The molecule has 0 aliphatic carbocycles. The summed E-state index contributed by atoms with van der Waals surface area (Å²) in [4.78, 5) is 128. The lowest BCUT2D eigenvalue weighted by molar-refractivity contribution is -0.144. The van der Waals surface area contributed by atoms with Gasteiger partial charge in [-0.05, 0) is 30.5 Å². The van der Waals surface area contributed by atoms with Crippen molar-refractivity contribution in [3.05, 3.63) is 23.8 Å². The lowest BCUT2D eigenvalue weighted by atomic mass is 9.94. The fourth-order valence-corrected chi connectivity index (χ4v) is 9.11. The van der Waals surface area contributed by atoms with E-state index in [1.807, 2.05) is 0 Å². The highest BCUT2D eigenvalue weighted by Crippen LogP contribution is 2.30. The van der Waals surface area contributed by atoms with Gasteiger partial charge in [0.1, 0.15) is 47.0 Å². The number of carbonyl (C=O) groups is 9. The van der Waals surface area contributed by atoms with Crippen LogP contribution in [0.1, 0.15) is 52.5 Å². The lowest BCUT2D eigenvalue weighted by Gasteiger charge is -2.32. The summed E-state index contributed by atoms with van der Waals surface area (Å²) in [7, 11) is -0.901. The smallest absolute Gasteiger partial charge is 0.246 e. The molecule has 3 aliphatic rings. The molecule has 0 spiro atoms. The van der Waals surface area contributed by atoms with Crippen LogP contribution in [0.4, 0.5) is 0 Å². The summed E-state index contributed by atoms with van der Waals surface area (Å²) in [5.74, 6) is -10.6. The third-order valence-corrected chi connectivity index (χ3v) is 13.2. The van der Waals surface area contributed by atoms with Crippen LogP contribution in [-0.2, 0) is 60.4 Å². The van der Waals surface area contributed by atoms with Gasteiger partial charge in [-0.25, -0.2) is 0 Å². The van der Waals surface area contributed by atoms with Crippen molar-refractivity contribution >= 4 is 74.9 Å². The maximum atomic E-state index is 14.7. The van der Waals surface area contributed by atoms with E-state index in [0.717, 1.165) is 4.90 Å². The Morgan fingerprint density at radius 1 is 0.875 bits per heavy atom. The second-order valence-electron chi connectivity index (χ2n) is 16.3. The molecule has 0 radical (unpaired) electrons. The van der Waals surface area contributed by atoms with Gasteiger partial charge in [-0.1, -0.05) is 27.2 Å². The zero-order valence-electron chi connectivity index (χ0n) is 36.0. The third-order valence-electron chi connectivity index (χ3n) is 11.7. The molecule has 2 unspecified atom stereocenters. The molecule has 1 fully saturated rings. The number of primary amides is 1. The van der Waals surface area contributed by atoms with Crippen molar-refractivity contribution < 1.29 is 62.3 Å². The van der Waals surface area contributed by atoms with Crippen LogP contribution >= 0.6 is 0 Å². The standard InChI is InChI=1S/C40H56N10O13S/c1-6-17(2)32-37(59)43-13-30(54)44-27-16-64(62)39-23(22-8-7-21(63-5)10-24(22)47-39)11-25(34(56)42-14-31(55)48-32)45-38(60)33(18(3)19(4)51)49-36(58)28-9-20(52)15-50(28)40(61)26(12-29(41)53)46-35(27)57/h7-8,10,17-20,25-28,32-33,47,51-52H,6,9,11-16H2,1-5H3,(H2,41,53)(H,42,56)(H,43,59)(H,44,54)(H,45,60)(H,46,57)(H,48,55)(H,49,58)/t17?,18-,19-,20+,25-,26-,27-,28-,32-,33-,64?/m0/s1. The van der Waals surface area contributed by atoms with Crippen LogP contribution in [0.25, 0.3) is 10.9 Å². The zero-order chi connectivity index (χ0) is 47.2. The Hall–Kier alpha value is -6.14. The molecule has 3 aliphatic heterocycles. The van der Waals surface area contributed by atoms with Gasteiger partial charge in [0, 0.05) is 36.8 Å². The van der Waals surface area contributed by atoms with Crippen molar-refractivity contribution in [1.29, 1.82) is 0 Å². The van der Waals surface area contributed by atoms with Gasteiger partial charge in [-0.2, -0.15) is 0 Å². The number of aliphatic hydroxyl groups excluding tert-OH is 2. The molecule has 4 heterocycles. The number of rotatable bonds is 7. The molecule has 23 nitrogen and oxygen atoms in total. The van der Waals surface area contributed by atoms with Gasteiger partial charge in [0.2, 0.25) is 53.2 Å². The molecule has 24 heteroatoms. The molecule has 0 saturated carbocycles. The van der Waals surface area contributed by atoms with Gasteiger partial charge < -0.3 is 67.8 Å². The number of fused-ring (bicyclic) bond motifs is 5. The van der Waals surface area contributed by atoms with E-state index in [9.17, 15) is 57.6 Å². The van der Waals surface area contributed by atoms with Crippen molar-refractivity contribution in [2.45, 2.75) is 107 Å². The van der Waals surface area contributed by atoms with Gasteiger partial charge in [0.05, 0.1) is 60.9 Å². The van der Waals surface area contributed by atoms with Crippen molar-refractivity contribution in [2.24, 2.45) is 17.6 Å². The van der Waals surface area contributed by atoms with E-state index in [1.165, 1.54) is 21.0 Å². The SMILES string of the molecule is CCC(C)[C@@H]1NC(=O)CNC(=O)[C@@H]2Cc3c([nH]c4cc(OC)ccc34)S(=O)C[C@H](NC(=O)CNC1=O)C(=O)N[C@@H](CC(N)=O)C(=O)N1C[C@H](O)C[C@H]1C(=O)N[C@@H]([C@@H](C)[C@H](C)O)C(=O)N2. The number of nitrogens with one attached hydrogen (secondary N) is 8. The molecule has 12 N–H and O–H groups in total. The van der Waals surface area contributed by atoms with Crippen LogP contribution in [0, 0.1) is 11.8 Å². The molecule has 9 amide bonds. The second-order valence-corrected chi connectivity index (χ2v) is 17.8. The van der Waals surface area contributed by atoms with Crippen LogP contribution in [0.5, 0.6) is 5.75 Å². The summed E-state index contributed by atoms with van der Waals surface area (Å²) in [6, 6.07) is -4.76. The highest BCUT2D eigenvalue weighted by atomic mass is 32.2. The summed E-state index contributed by atoms with van der Waals surface area (Å²) >= 11 is 0. The first-order valence-corrected chi connectivity index (χ1v) is 22.1. The topological polar surface area (TPSA) is 350 Å². The van der Waals surface area contributed by atoms with Crippen molar-refractivity contribution in [1.82, 2.24) is 47.1 Å². The second kappa shape index (κ2) is 21.0. The van der Waals surface area contributed by atoms with Crippen molar-refractivity contribution in [2.75, 3.05) is 32.5 Å². The normalized spacial score (nSPS) is 28.5. The predicted molar refractivity (Wildman–Crippen MR) is 226 cm³/mol. The third kappa shape index (κ3) is 11.5. The van der Waals surface area contributed by atoms with E-state index in [4.69, 9.17) is 10.5 Å². The van der Waals surface area contributed by atoms with Crippen molar-refractivity contribution in [3.8, 4) is 5.75 Å². The van der Waals surface area contributed by atoms with Gasteiger partial charge in [0.25, 0.3) is 0 Å². The van der Waals surface area contributed by atoms with Gasteiger partial charge in [0.15, 0.2) is 0 Å². The Labute approximate surface area is 369 Å². The Balaban J connectivity index is 1.74. The Kier molecular flexibility index (Phi) is 16.1. The lowest BCUT2D eigenvalue weighted by Crippen LogP contribution is -2.62. The average molecular weight is 917 g/mol. The highest BCUT2D eigenvalue weighted by Gasteiger charge is 2.45. The molecular weight excluding hydrogens is 861 g/mol. The summed E-state index contributed by atoms with van der Waals surface area (Å²) in [6.07, 6.45) is -3.76. The van der Waals surface area contributed by atoms with Crippen LogP contribution < -0.4 is 47.7 Å². The number of hydrogen-bond donors (Lipinski definition) is 11. The number of aromatic amines is 1. The van der Waals surface area contributed by atoms with E-state index in [-0.39, 0.29) is 17.0 Å². The molecule has 350 valence electrons. The average Bonchev–Trinajstić information content (AvgIpc) is 3.82. The number of aliphatic hydroxyl groups is 2. The first-order chi connectivity index (χ1) is 30.2. The molecule has 2 aromatic rings. The summed E-state index contributed by atoms with van der Waals surface area (Å²) in [6.45, 7) is 4.32. The fourth-order valence-electron chi connectivity index (χ4n) is 7.71. The molecule has 1 aromatic carbocycles. The fraction of sp³-hybridized carbons (Fsp3) is 0.575. The number of carbonyl (C=O) groups excluding carboxylic acids is 9. The van der Waals surface area contributed by atoms with Gasteiger partial charge >= 0.3 is 0 Å². The quantitative estimate of drug-likeness (QED) is 0.125. The molecule has 1 aromatic heterocycles. The van der Waals surface area contributed by atoms with Gasteiger partial charge in [-0.3, -0.25) is 47.4 Å². The zero-order valence-corrected chi connectivity index (χ0v) is 36.8. The minimum atomic E-state index is -2.31. The molecule has 64 heavy (non-hydrogen) atoms. The summed E-state index contributed by atoms with van der Waals surface area (Å²) < 4.78 is 20.0. The van der Waals surface area contributed by atoms with E-state index >= 15 is 0 Å². The number of hydrogen-bond acceptors (Lipinski definition) is 13. The van der Waals surface area contributed by atoms with E-state index in [0.29, 0.717) is 23.1 Å². The van der Waals surface area contributed by atoms with Crippen LogP contribution in [0.3, 0.4) is 0 Å². The minimum Gasteiger partial charge on any atom is -0.497 e. The molecule has 2 bridgehead atoms. The highest BCUT2D eigenvalue weighted by molar-refractivity contribution is 7.85. The van der Waals surface area contributed by atoms with Crippen LogP contribution in [-0.4, -0.2) is 158 Å². The van der Waals surface area contributed by atoms with Crippen LogP contribution in [0.2, 0.25) is 0 Å². The first kappa shape index (κ1) is 48.9. The molecule has 1 saturated heterocycles. The maximum Gasteiger partial charge on any atom is 0.246 e. The van der Waals surface area contributed by atoms with Crippen molar-refractivity contribution in [3.63, 3.8) is 0 Å². The Bertz CT molecular complexity index is 2200. The number of nitrogens with zero attached hydrogens (tertiary/aromatic N) is 1. The van der Waals surface area contributed by atoms with Gasteiger partial charge in [-0.15, -0.1) is 0 Å². The first-order valence-electron chi connectivity index (χ1n) is 20.8. The minimum absolute atomic E-state index is 0.0760. The predicted octanol–water partition coefficient (Wildman–Crippen LogP) is -4.59. The molecule has 5 rings (SSSR count). The maximum absolute atomic E-state index is 14.7. The number of H-pyrrole nitrogens is 1. The van der Waals surface area contributed by atoms with E-state index in [1.54, 1.807) is 32.0 Å². The number of aromatic nitrogens is 1. The number of ether oxygens (including phenoxy) is 1. The number of amides is 9. The number of benzene rings is 1. The summed E-state index contributed by atoms with van der Waals surface area (Å²) in [5.41, 5.74) is 6.02. The molecule has 11 atom stereocenters. The largest absolute Gasteiger partial charge is 0.497 e. The molecular formula is C40H56N10O13S. The number of nitrogens with two attached hydrogens (primary N) is 1. The van der Waals surface area contributed by atoms with Crippen LogP contribution in [0.15, 0.2) is 23.2 Å². The monoisotopic (exact) mass is 916 g/mol. The van der Waals surface area contributed by atoms with E-state index in [2.05, 4.69) is 42.2 Å². The summed E-state index contributed by atoms with van der Waals surface area (Å²) in [5, 5.41) is 39.1. The van der Waals surface area contributed by atoms with E-state index < -0.39 is 162 Å². The Morgan fingerprint density at radius 2 is 1.55 bits per heavy atom.